The maximum absolute atomic E-state index is 12.4. The van der Waals surface area contributed by atoms with Crippen LogP contribution in [0.15, 0.2) is 67.3 Å². The SMILES string of the molecule is C=CCNC(=O)/C(=C/c1ccccc1OC)c1ccccc1. The third kappa shape index (κ3) is 3.85. The van der Waals surface area contributed by atoms with Crippen molar-refractivity contribution in [3.63, 3.8) is 0 Å². The molecule has 0 aliphatic carbocycles. The molecule has 0 unspecified atom stereocenters. The maximum Gasteiger partial charge on any atom is 0.252 e. The predicted octanol–water partition coefficient (Wildman–Crippen LogP) is 3.54. The van der Waals surface area contributed by atoms with Gasteiger partial charge in [0.05, 0.1) is 7.11 Å². The molecule has 3 nitrogen and oxygen atoms in total. The third-order valence-corrected chi connectivity index (χ3v) is 3.18. The summed E-state index contributed by atoms with van der Waals surface area (Å²) >= 11 is 0. The summed E-state index contributed by atoms with van der Waals surface area (Å²) in [6.45, 7) is 4.05. The Balaban J connectivity index is 2.46. The molecule has 112 valence electrons. The van der Waals surface area contributed by atoms with Crippen LogP contribution in [-0.2, 0) is 4.79 Å². The highest BCUT2D eigenvalue weighted by Gasteiger charge is 2.12. The Bertz CT molecular complexity index is 675. The van der Waals surface area contributed by atoms with E-state index in [0.717, 1.165) is 16.9 Å². The van der Waals surface area contributed by atoms with Gasteiger partial charge in [-0.2, -0.15) is 0 Å². The molecule has 3 heteroatoms. The number of carbonyl (C=O) groups excluding carboxylic acids is 1. The number of hydrogen-bond acceptors (Lipinski definition) is 2. The normalized spacial score (nSPS) is 10.9. The molecule has 0 saturated heterocycles. The largest absolute Gasteiger partial charge is 0.496 e. The van der Waals surface area contributed by atoms with Crippen LogP contribution in [-0.4, -0.2) is 19.6 Å². The molecule has 1 amide bonds. The number of amides is 1. The number of ether oxygens (including phenoxy) is 1. The van der Waals surface area contributed by atoms with Gasteiger partial charge in [-0.25, -0.2) is 0 Å². The fourth-order valence-corrected chi connectivity index (χ4v) is 2.10. The number of rotatable bonds is 6. The van der Waals surface area contributed by atoms with Gasteiger partial charge in [0, 0.05) is 17.7 Å². The van der Waals surface area contributed by atoms with Crippen LogP contribution in [0.2, 0.25) is 0 Å². The molecule has 22 heavy (non-hydrogen) atoms. The van der Waals surface area contributed by atoms with Crippen LogP contribution in [0.1, 0.15) is 11.1 Å². The van der Waals surface area contributed by atoms with E-state index < -0.39 is 0 Å². The molecule has 2 aromatic carbocycles. The van der Waals surface area contributed by atoms with Gasteiger partial charge in [0.15, 0.2) is 0 Å². The van der Waals surface area contributed by atoms with E-state index in [2.05, 4.69) is 11.9 Å². The van der Waals surface area contributed by atoms with Crippen LogP contribution in [0, 0.1) is 0 Å². The van der Waals surface area contributed by atoms with E-state index in [1.165, 1.54) is 0 Å². The minimum absolute atomic E-state index is 0.142. The zero-order valence-electron chi connectivity index (χ0n) is 12.6. The number of nitrogens with one attached hydrogen (secondary N) is 1. The van der Waals surface area contributed by atoms with Crippen LogP contribution < -0.4 is 10.1 Å². The first-order chi connectivity index (χ1) is 10.8. The van der Waals surface area contributed by atoms with Crippen molar-refractivity contribution in [2.45, 2.75) is 0 Å². The Labute approximate surface area is 130 Å². The molecule has 0 aliphatic rings. The Morgan fingerprint density at radius 3 is 2.50 bits per heavy atom. The molecule has 0 fully saturated rings. The number of carbonyl (C=O) groups is 1. The minimum atomic E-state index is -0.142. The topological polar surface area (TPSA) is 38.3 Å². The molecule has 0 bridgehead atoms. The fraction of sp³-hybridized carbons (Fsp3) is 0.105. The van der Waals surface area contributed by atoms with Gasteiger partial charge < -0.3 is 10.1 Å². The van der Waals surface area contributed by atoms with Crippen molar-refractivity contribution in [2.75, 3.05) is 13.7 Å². The summed E-state index contributed by atoms with van der Waals surface area (Å²) in [4.78, 5) is 12.4. The summed E-state index contributed by atoms with van der Waals surface area (Å²) in [5, 5.41) is 2.82. The quantitative estimate of drug-likeness (QED) is 0.502. The second kappa shape index (κ2) is 7.84. The number of benzene rings is 2. The Hall–Kier alpha value is -2.81. The minimum Gasteiger partial charge on any atom is -0.496 e. The predicted molar refractivity (Wildman–Crippen MR) is 90.5 cm³/mol. The zero-order chi connectivity index (χ0) is 15.8. The Kier molecular flexibility index (Phi) is 5.55. The molecule has 2 aromatic rings. The van der Waals surface area contributed by atoms with E-state index in [1.807, 2.05) is 60.7 Å². The number of para-hydroxylation sites is 1. The average Bonchev–Trinajstić information content (AvgIpc) is 2.58. The first kappa shape index (κ1) is 15.6. The van der Waals surface area contributed by atoms with Crippen molar-refractivity contribution in [1.82, 2.24) is 5.32 Å². The number of methoxy groups -OCH3 is 1. The molecule has 0 saturated carbocycles. The summed E-state index contributed by atoms with van der Waals surface area (Å²) in [6.07, 6.45) is 3.50. The molecule has 1 N–H and O–H groups in total. The van der Waals surface area contributed by atoms with Gasteiger partial charge in [0.2, 0.25) is 0 Å². The van der Waals surface area contributed by atoms with Crippen molar-refractivity contribution in [3.8, 4) is 5.75 Å². The lowest BCUT2D eigenvalue weighted by molar-refractivity contribution is -0.115. The van der Waals surface area contributed by atoms with E-state index in [1.54, 1.807) is 13.2 Å². The highest BCUT2D eigenvalue weighted by Crippen LogP contribution is 2.24. The fourth-order valence-electron chi connectivity index (χ4n) is 2.10. The molecular formula is C19H19NO2. The Morgan fingerprint density at radius 2 is 1.82 bits per heavy atom. The standard InChI is InChI=1S/C19H19NO2/c1-3-13-20-19(21)17(15-9-5-4-6-10-15)14-16-11-7-8-12-18(16)22-2/h3-12,14H,1,13H2,2H3,(H,20,21)/b17-14+. The molecule has 0 aliphatic heterocycles. The lowest BCUT2D eigenvalue weighted by Gasteiger charge is -2.10. The van der Waals surface area contributed by atoms with Gasteiger partial charge in [-0.05, 0) is 17.7 Å². The summed E-state index contributed by atoms with van der Waals surface area (Å²) in [7, 11) is 1.62. The molecule has 0 atom stereocenters. The van der Waals surface area contributed by atoms with Crippen molar-refractivity contribution < 1.29 is 9.53 Å². The van der Waals surface area contributed by atoms with Crippen LogP contribution in [0.25, 0.3) is 11.6 Å². The van der Waals surface area contributed by atoms with Crippen LogP contribution in [0.5, 0.6) is 5.75 Å². The summed E-state index contributed by atoms with van der Waals surface area (Å²) in [5.74, 6) is 0.587. The van der Waals surface area contributed by atoms with E-state index >= 15 is 0 Å². The van der Waals surface area contributed by atoms with Crippen molar-refractivity contribution in [2.24, 2.45) is 0 Å². The highest BCUT2D eigenvalue weighted by atomic mass is 16.5. The van der Waals surface area contributed by atoms with Gasteiger partial charge in [0.25, 0.3) is 5.91 Å². The highest BCUT2D eigenvalue weighted by molar-refractivity contribution is 6.24. The molecule has 0 heterocycles. The maximum atomic E-state index is 12.4. The van der Waals surface area contributed by atoms with Gasteiger partial charge in [0.1, 0.15) is 5.75 Å². The molecule has 0 aromatic heterocycles. The number of hydrogen-bond donors (Lipinski definition) is 1. The Morgan fingerprint density at radius 1 is 1.14 bits per heavy atom. The van der Waals surface area contributed by atoms with Crippen LogP contribution >= 0.6 is 0 Å². The zero-order valence-corrected chi connectivity index (χ0v) is 12.6. The van der Waals surface area contributed by atoms with E-state index in [-0.39, 0.29) is 5.91 Å². The average molecular weight is 293 g/mol. The lowest BCUT2D eigenvalue weighted by Crippen LogP contribution is -2.24. The smallest absolute Gasteiger partial charge is 0.252 e. The molecular weight excluding hydrogens is 274 g/mol. The molecule has 0 radical (unpaired) electrons. The lowest BCUT2D eigenvalue weighted by atomic mass is 10.0. The van der Waals surface area contributed by atoms with Gasteiger partial charge in [-0.1, -0.05) is 54.6 Å². The second-order valence-electron chi connectivity index (χ2n) is 4.66. The van der Waals surface area contributed by atoms with Crippen molar-refractivity contribution in [1.29, 1.82) is 0 Å². The van der Waals surface area contributed by atoms with E-state index in [0.29, 0.717) is 12.1 Å². The van der Waals surface area contributed by atoms with Gasteiger partial charge >= 0.3 is 0 Å². The second-order valence-corrected chi connectivity index (χ2v) is 4.66. The van der Waals surface area contributed by atoms with Crippen molar-refractivity contribution in [3.05, 3.63) is 78.4 Å². The van der Waals surface area contributed by atoms with Crippen LogP contribution in [0.4, 0.5) is 0 Å². The first-order valence-corrected chi connectivity index (χ1v) is 7.05. The van der Waals surface area contributed by atoms with E-state index in [9.17, 15) is 4.79 Å². The van der Waals surface area contributed by atoms with Gasteiger partial charge in [-0.15, -0.1) is 6.58 Å². The molecule has 0 spiro atoms. The monoisotopic (exact) mass is 293 g/mol. The molecule has 2 rings (SSSR count). The summed E-state index contributed by atoms with van der Waals surface area (Å²) < 4.78 is 5.35. The first-order valence-electron chi connectivity index (χ1n) is 7.05. The van der Waals surface area contributed by atoms with Crippen molar-refractivity contribution >= 4 is 17.6 Å². The summed E-state index contributed by atoms with van der Waals surface area (Å²) in [5.41, 5.74) is 2.31. The van der Waals surface area contributed by atoms with Crippen LogP contribution in [0.3, 0.4) is 0 Å². The summed E-state index contributed by atoms with van der Waals surface area (Å²) in [6, 6.07) is 17.2. The van der Waals surface area contributed by atoms with Gasteiger partial charge in [-0.3, -0.25) is 4.79 Å². The van der Waals surface area contributed by atoms with E-state index in [4.69, 9.17) is 4.74 Å². The third-order valence-electron chi connectivity index (χ3n) is 3.18.